The SMILES string of the molecule is Cc1nc(Sc2ccc(C(F)(F)F)cn2)c(N)[nH]1. The minimum atomic E-state index is -4.38. The van der Waals surface area contributed by atoms with Crippen LogP contribution < -0.4 is 5.73 Å². The Kier molecular flexibility index (Phi) is 3.20. The van der Waals surface area contributed by atoms with Crippen LogP contribution >= 0.6 is 11.8 Å². The van der Waals surface area contributed by atoms with Gasteiger partial charge in [0.2, 0.25) is 0 Å². The number of aryl methyl sites for hydroxylation is 1. The molecule has 2 aromatic heterocycles. The number of hydrogen-bond donors (Lipinski definition) is 2. The second-order valence-corrected chi connectivity index (χ2v) is 4.54. The quantitative estimate of drug-likeness (QED) is 0.883. The lowest BCUT2D eigenvalue weighted by atomic mass is 10.3. The minimum Gasteiger partial charge on any atom is -0.383 e. The topological polar surface area (TPSA) is 67.6 Å². The summed E-state index contributed by atoms with van der Waals surface area (Å²) in [5.74, 6) is 1.01. The van der Waals surface area contributed by atoms with Gasteiger partial charge in [-0.05, 0) is 30.8 Å². The van der Waals surface area contributed by atoms with Crippen molar-refractivity contribution in [2.75, 3.05) is 5.73 Å². The number of rotatable bonds is 2. The van der Waals surface area contributed by atoms with Crippen molar-refractivity contribution in [3.63, 3.8) is 0 Å². The molecule has 4 nitrogen and oxygen atoms in total. The molecular formula is C10H9F3N4S. The number of anilines is 1. The normalized spacial score (nSPS) is 11.8. The minimum absolute atomic E-state index is 0.374. The van der Waals surface area contributed by atoms with Gasteiger partial charge in [-0.1, -0.05) is 0 Å². The number of imidazole rings is 1. The van der Waals surface area contributed by atoms with Crippen LogP contribution in [0.15, 0.2) is 28.4 Å². The number of nitrogens with zero attached hydrogens (tertiary/aromatic N) is 2. The summed E-state index contributed by atoms with van der Waals surface area (Å²) in [6.45, 7) is 1.74. The standard InChI is InChI=1S/C10H9F3N4S/c1-5-16-8(14)9(17-5)18-7-3-2-6(4-15-7)10(11,12)13/h2-4H,14H2,1H3,(H,16,17). The Hall–Kier alpha value is -1.70. The number of aromatic nitrogens is 3. The number of nitrogen functional groups attached to an aromatic ring is 1. The average Bonchev–Trinajstić information content (AvgIpc) is 2.57. The molecule has 2 aromatic rings. The molecule has 2 heterocycles. The third-order valence-corrected chi connectivity index (χ3v) is 3.04. The highest BCUT2D eigenvalue weighted by Gasteiger charge is 2.30. The number of alkyl halides is 3. The maximum Gasteiger partial charge on any atom is 0.417 e. The van der Waals surface area contributed by atoms with E-state index in [1.807, 2.05) is 0 Å². The Morgan fingerprint density at radius 1 is 1.33 bits per heavy atom. The van der Waals surface area contributed by atoms with Crippen molar-refractivity contribution in [2.24, 2.45) is 0 Å². The molecule has 0 amide bonds. The van der Waals surface area contributed by atoms with Crippen LogP contribution in [0.2, 0.25) is 0 Å². The summed E-state index contributed by atoms with van der Waals surface area (Å²) in [7, 11) is 0. The Morgan fingerprint density at radius 3 is 2.50 bits per heavy atom. The van der Waals surface area contributed by atoms with Crippen LogP contribution in [0.4, 0.5) is 19.0 Å². The lowest BCUT2D eigenvalue weighted by Crippen LogP contribution is -2.05. The maximum absolute atomic E-state index is 12.3. The Morgan fingerprint density at radius 2 is 2.06 bits per heavy atom. The Balaban J connectivity index is 2.18. The van der Waals surface area contributed by atoms with Crippen LogP contribution in [-0.2, 0) is 6.18 Å². The lowest BCUT2D eigenvalue weighted by Gasteiger charge is -2.06. The van der Waals surface area contributed by atoms with Gasteiger partial charge in [-0.25, -0.2) is 9.97 Å². The summed E-state index contributed by atoms with van der Waals surface area (Å²) in [5, 5.41) is 0.904. The largest absolute Gasteiger partial charge is 0.417 e. The summed E-state index contributed by atoms with van der Waals surface area (Å²) in [4.78, 5) is 10.6. The highest BCUT2D eigenvalue weighted by atomic mass is 32.2. The predicted octanol–water partition coefficient (Wildman–Crippen LogP) is 2.87. The first-order valence-electron chi connectivity index (χ1n) is 4.89. The fourth-order valence-corrected chi connectivity index (χ4v) is 2.06. The average molecular weight is 274 g/mol. The number of pyridine rings is 1. The zero-order chi connectivity index (χ0) is 13.3. The van der Waals surface area contributed by atoms with Gasteiger partial charge < -0.3 is 10.7 Å². The van der Waals surface area contributed by atoms with Crippen molar-refractivity contribution in [3.05, 3.63) is 29.7 Å². The molecule has 0 saturated heterocycles. The van der Waals surface area contributed by atoms with Gasteiger partial charge in [0.15, 0.2) is 0 Å². The smallest absolute Gasteiger partial charge is 0.383 e. The van der Waals surface area contributed by atoms with E-state index in [4.69, 9.17) is 5.73 Å². The molecule has 0 atom stereocenters. The van der Waals surface area contributed by atoms with E-state index >= 15 is 0 Å². The highest BCUT2D eigenvalue weighted by molar-refractivity contribution is 7.99. The summed E-state index contributed by atoms with van der Waals surface area (Å²) in [6, 6.07) is 2.27. The molecule has 0 aliphatic heterocycles. The number of aromatic amines is 1. The van der Waals surface area contributed by atoms with Crippen molar-refractivity contribution < 1.29 is 13.2 Å². The molecule has 0 aliphatic carbocycles. The van der Waals surface area contributed by atoms with Gasteiger partial charge in [0.25, 0.3) is 0 Å². The highest BCUT2D eigenvalue weighted by Crippen LogP contribution is 2.32. The monoisotopic (exact) mass is 274 g/mol. The van der Waals surface area contributed by atoms with Gasteiger partial charge in [-0.2, -0.15) is 13.2 Å². The van der Waals surface area contributed by atoms with Gasteiger partial charge in [0, 0.05) is 6.20 Å². The van der Waals surface area contributed by atoms with Gasteiger partial charge in [-0.3, -0.25) is 0 Å². The molecule has 3 N–H and O–H groups in total. The Labute approximate surface area is 105 Å². The van der Waals surface area contributed by atoms with Gasteiger partial charge in [-0.15, -0.1) is 0 Å². The van der Waals surface area contributed by atoms with E-state index in [1.54, 1.807) is 6.92 Å². The van der Waals surface area contributed by atoms with Gasteiger partial charge in [0.05, 0.1) is 5.56 Å². The molecule has 0 spiro atoms. The number of H-pyrrole nitrogens is 1. The van der Waals surface area contributed by atoms with Gasteiger partial charge >= 0.3 is 6.18 Å². The molecule has 2 rings (SSSR count). The van der Waals surface area contributed by atoms with E-state index in [-0.39, 0.29) is 0 Å². The van der Waals surface area contributed by atoms with Crippen LogP contribution in [-0.4, -0.2) is 15.0 Å². The van der Waals surface area contributed by atoms with Gasteiger partial charge in [0.1, 0.15) is 21.7 Å². The van der Waals surface area contributed by atoms with E-state index in [0.717, 1.165) is 24.0 Å². The zero-order valence-corrected chi connectivity index (χ0v) is 10.1. The summed E-state index contributed by atoms with van der Waals surface area (Å²) in [6.07, 6.45) is -3.59. The van der Waals surface area contributed by atoms with Crippen LogP contribution in [0.3, 0.4) is 0 Å². The van der Waals surface area contributed by atoms with Crippen molar-refractivity contribution in [3.8, 4) is 0 Å². The van der Waals surface area contributed by atoms with Crippen molar-refractivity contribution in [1.29, 1.82) is 0 Å². The molecule has 0 unspecified atom stereocenters. The number of hydrogen-bond acceptors (Lipinski definition) is 4. The van der Waals surface area contributed by atoms with Crippen LogP contribution in [0.1, 0.15) is 11.4 Å². The molecule has 0 radical (unpaired) electrons. The van der Waals surface area contributed by atoms with Crippen molar-refractivity contribution in [2.45, 2.75) is 23.2 Å². The fourth-order valence-electron chi connectivity index (χ4n) is 1.27. The van der Waals surface area contributed by atoms with Crippen LogP contribution in [0.25, 0.3) is 0 Å². The number of nitrogens with two attached hydrogens (primary N) is 1. The third-order valence-electron chi connectivity index (χ3n) is 2.08. The van der Waals surface area contributed by atoms with E-state index < -0.39 is 11.7 Å². The van der Waals surface area contributed by atoms with Crippen LogP contribution in [0, 0.1) is 6.92 Å². The molecule has 0 saturated carbocycles. The first kappa shape index (κ1) is 12.7. The van der Waals surface area contributed by atoms with E-state index in [2.05, 4.69) is 15.0 Å². The second-order valence-electron chi connectivity index (χ2n) is 3.53. The molecule has 0 aromatic carbocycles. The molecule has 0 fully saturated rings. The summed E-state index contributed by atoms with van der Waals surface area (Å²) < 4.78 is 37.0. The number of nitrogens with one attached hydrogen (secondary N) is 1. The fraction of sp³-hybridized carbons (Fsp3) is 0.200. The van der Waals surface area contributed by atoms with E-state index in [9.17, 15) is 13.2 Å². The third kappa shape index (κ3) is 2.76. The summed E-state index contributed by atoms with van der Waals surface area (Å²) in [5.41, 5.74) is 4.86. The maximum atomic E-state index is 12.3. The molecule has 8 heteroatoms. The Bertz CT molecular complexity index is 547. The zero-order valence-electron chi connectivity index (χ0n) is 9.25. The predicted molar refractivity (Wildman–Crippen MR) is 61.1 cm³/mol. The molecule has 0 aliphatic rings. The molecule has 96 valence electrons. The first-order chi connectivity index (χ1) is 8.36. The van der Waals surface area contributed by atoms with E-state index in [1.165, 1.54) is 6.07 Å². The summed E-state index contributed by atoms with van der Waals surface area (Å²) >= 11 is 1.11. The van der Waals surface area contributed by atoms with E-state index in [0.29, 0.717) is 21.7 Å². The lowest BCUT2D eigenvalue weighted by molar-refractivity contribution is -0.137. The van der Waals surface area contributed by atoms with Crippen molar-refractivity contribution in [1.82, 2.24) is 15.0 Å². The molecular weight excluding hydrogens is 265 g/mol. The number of halogens is 3. The first-order valence-corrected chi connectivity index (χ1v) is 5.71. The molecule has 18 heavy (non-hydrogen) atoms. The van der Waals surface area contributed by atoms with Crippen molar-refractivity contribution >= 4 is 17.6 Å². The molecule has 0 bridgehead atoms. The second kappa shape index (κ2) is 4.52. The van der Waals surface area contributed by atoms with Crippen LogP contribution in [0.5, 0.6) is 0 Å².